The Morgan fingerprint density at radius 1 is 0.931 bits per heavy atom. The number of fused-ring (bicyclic) bond motifs is 3. The molecular formula is C24H23N3O2. The van der Waals surface area contributed by atoms with Crippen molar-refractivity contribution in [2.45, 2.75) is 0 Å². The third-order valence-electron chi connectivity index (χ3n) is 5.15. The summed E-state index contributed by atoms with van der Waals surface area (Å²) in [5, 5.41) is 14.8. The van der Waals surface area contributed by atoms with E-state index in [4.69, 9.17) is 0 Å². The molecule has 0 spiro atoms. The van der Waals surface area contributed by atoms with Crippen LogP contribution in [0.15, 0.2) is 66.7 Å². The second kappa shape index (κ2) is 7.89. The van der Waals surface area contributed by atoms with Crippen molar-refractivity contribution in [3.05, 3.63) is 93.5 Å². The van der Waals surface area contributed by atoms with Gasteiger partial charge in [0.2, 0.25) is 0 Å². The number of nitro benzene ring substituents is 1. The summed E-state index contributed by atoms with van der Waals surface area (Å²) in [6.07, 6.45) is 2.13. The van der Waals surface area contributed by atoms with Gasteiger partial charge in [0.1, 0.15) is 0 Å². The van der Waals surface area contributed by atoms with Crippen molar-refractivity contribution in [3.63, 3.8) is 0 Å². The predicted molar refractivity (Wildman–Crippen MR) is 119 cm³/mol. The van der Waals surface area contributed by atoms with Gasteiger partial charge in [-0.1, -0.05) is 42.5 Å². The lowest BCUT2D eigenvalue weighted by molar-refractivity contribution is -0.384. The quantitative estimate of drug-likeness (QED) is 0.369. The molecule has 0 heterocycles. The second-order valence-corrected chi connectivity index (χ2v) is 7.41. The van der Waals surface area contributed by atoms with Crippen LogP contribution in [0.2, 0.25) is 0 Å². The van der Waals surface area contributed by atoms with Gasteiger partial charge in [0.15, 0.2) is 0 Å². The van der Waals surface area contributed by atoms with Crippen molar-refractivity contribution in [3.8, 4) is 11.1 Å². The minimum Gasteiger partial charge on any atom is -0.383 e. The van der Waals surface area contributed by atoms with E-state index in [1.165, 1.54) is 0 Å². The van der Waals surface area contributed by atoms with Gasteiger partial charge >= 0.3 is 0 Å². The minimum atomic E-state index is -0.336. The minimum absolute atomic E-state index is 0.111. The van der Waals surface area contributed by atoms with Crippen LogP contribution in [0.5, 0.6) is 0 Å². The molecule has 146 valence electrons. The van der Waals surface area contributed by atoms with Crippen molar-refractivity contribution in [2.24, 2.45) is 0 Å². The van der Waals surface area contributed by atoms with E-state index < -0.39 is 0 Å². The molecule has 5 heteroatoms. The fourth-order valence-electron chi connectivity index (χ4n) is 3.71. The highest BCUT2D eigenvalue weighted by Gasteiger charge is 2.25. The Morgan fingerprint density at radius 3 is 2.38 bits per heavy atom. The Balaban J connectivity index is 1.80. The van der Waals surface area contributed by atoms with E-state index in [0.29, 0.717) is 0 Å². The summed E-state index contributed by atoms with van der Waals surface area (Å²) < 4.78 is 0. The summed E-state index contributed by atoms with van der Waals surface area (Å²) >= 11 is 0. The normalized spacial score (nSPS) is 13.4. The zero-order valence-electron chi connectivity index (χ0n) is 16.6. The largest absolute Gasteiger partial charge is 0.383 e. The predicted octanol–water partition coefficient (Wildman–Crippen LogP) is 5.14. The smallest absolute Gasteiger partial charge is 0.270 e. The molecule has 0 atom stereocenters. The Kier molecular flexibility index (Phi) is 5.14. The number of nitrogens with zero attached hydrogens (tertiary/aromatic N) is 2. The Hall–Kier alpha value is -3.44. The number of nitrogens with one attached hydrogen (secondary N) is 1. The molecule has 0 fully saturated rings. The molecule has 3 aromatic rings. The van der Waals surface area contributed by atoms with Crippen LogP contribution >= 0.6 is 0 Å². The molecule has 4 rings (SSSR count). The number of nitro groups is 1. The molecule has 0 unspecified atom stereocenters. The lowest BCUT2D eigenvalue weighted by Crippen LogP contribution is -2.21. The summed E-state index contributed by atoms with van der Waals surface area (Å²) in [5.41, 5.74) is 7.40. The summed E-state index contributed by atoms with van der Waals surface area (Å²) in [5.74, 6) is 0. The number of non-ortho nitro benzene ring substituents is 1. The van der Waals surface area contributed by atoms with Gasteiger partial charge in [-0.3, -0.25) is 10.1 Å². The molecule has 1 aliphatic carbocycles. The molecule has 0 amide bonds. The van der Waals surface area contributed by atoms with Crippen molar-refractivity contribution >= 4 is 23.0 Å². The van der Waals surface area contributed by atoms with Gasteiger partial charge in [0, 0.05) is 30.9 Å². The highest BCUT2D eigenvalue weighted by molar-refractivity contribution is 6.07. The fraction of sp³-hybridized carbons (Fsp3) is 0.167. The zero-order valence-corrected chi connectivity index (χ0v) is 16.6. The fourth-order valence-corrected chi connectivity index (χ4v) is 3.71. The summed E-state index contributed by atoms with van der Waals surface area (Å²) in [6.45, 7) is 1.77. The number of anilines is 1. The van der Waals surface area contributed by atoms with Gasteiger partial charge in [0.05, 0.1) is 4.92 Å². The lowest BCUT2D eigenvalue weighted by Gasteiger charge is -2.14. The van der Waals surface area contributed by atoms with Crippen molar-refractivity contribution in [1.29, 1.82) is 0 Å². The first-order valence-corrected chi connectivity index (χ1v) is 9.62. The van der Waals surface area contributed by atoms with Crippen LogP contribution < -0.4 is 5.32 Å². The van der Waals surface area contributed by atoms with E-state index in [9.17, 15) is 10.1 Å². The highest BCUT2D eigenvalue weighted by atomic mass is 16.6. The summed E-state index contributed by atoms with van der Waals surface area (Å²) in [6, 6.07) is 21.4. The third kappa shape index (κ3) is 3.77. The number of rotatable bonds is 6. The van der Waals surface area contributed by atoms with Gasteiger partial charge in [-0.15, -0.1) is 0 Å². The average molecular weight is 385 g/mol. The van der Waals surface area contributed by atoms with Crippen molar-refractivity contribution < 1.29 is 4.92 Å². The SMILES string of the molecule is CN(C)CCNc1ccccc1C=C1c2ccccc2-c2ccc([N+](=O)[O-])cc21. The first-order chi connectivity index (χ1) is 14.0. The molecule has 1 N–H and O–H groups in total. The molecule has 1 aliphatic rings. The van der Waals surface area contributed by atoms with E-state index in [0.717, 1.165) is 52.2 Å². The van der Waals surface area contributed by atoms with Crippen LogP contribution in [0.25, 0.3) is 22.8 Å². The van der Waals surface area contributed by atoms with Gasteiger partial charge in [-0.05, 0) is 65.7 Å². The maximum absolute atomic E-state index is 11.3. The van der Waals surface area contributed by atoms with E-state index in [2.05, 4.69) is 54.7 Å². The molecule has 0 aromatic heterocycles. The molecule has 0 aliphatic heterocycles. The number of hydrogen-bond donors (Lipinski definition) is 1. The monoisotopic (exact) mass is 385 g/mol. The maximum Gasteiger partial charge on any atom is 0.270 e. The molecule has 29 heavy (non-hydrogen) atoms. The standard InChI is InChI=1S/C24H23N3O2/c1-26(2)14-13-25-24-10-6-3-7-17(24)15-22-20-9-5-4-8-19(20)21-12-11-18(27(28)29)16-23(21)22/h3-12,15-16,25H,13-14H2,1-2H3. The molecular weight excluding hydrogens is 362 g/mol. The Bertz CT molecular complexity index is 1100. The van der Waals surface area contributed by atoms with Crippen LogP contribution in [0.4, 0.5) is 11.4 Å². The van der Waals surface area contributed by atoms with Gasteiger partial charge in [-0.2, -0.15) is 0 Å². The Labute approximate surface area is 170 Å². The molecule has 0 saturated carbocycles. The number of para-hydroxylation sites is 1. The van der Waals surface area contributed by atoms with Gasteiger partial charge in [-0.25, -0.2) is 0 Å². The van der Waals surface area contributed by atoms with Gasteiger partial charge < -0.3 is 10.2 Å². The molecule has 0 saturated heterocycles. The lowest BCUT2D eigenvalue weighted by atomic mass is 10.00. The molecule has 3 aromatic carbocycles. The average Bonchev–Trinajstić information content (AvgIpc) is 3.02. The van der Waals surface area contributed by atoms with Crippen LogP contribution in [-0.4, -0.2) is 37.0 Å². The second-order valence-electron chi connectivity index (χ2n) is 7.41. The first-order valence-electron chi connectivity index (χ1n) is 9.62. The number of likely N-dealkylation sites (N-methyl/N-ethyl adjacent to an activating group) is 1. The maximum atomic E-state index is 11.3. The van der Waals surface area contributed by atoms with Crippen molar-refractivity contribution in [1.82, 2.24) is 4.90 Å². The zero-order chi connectivity index (χ0) is 20.4. The van der Waals surface area contributed by atoms with Crippen LogP contribution in [0, 0.1) is 10.1 Å². The summed E-state index contributed by atoms with van der Waals surface area (Å²) in [7, 11) is 4.10. The van der Waals surface area contributed by atoms with Gasteiger partial charge in [0.25, 0.3) is 5.69 Å². The van der Waals surface area contributed by atoms with Crippen LogP contribution in [0.1, 0.15) is 16.7 Å². The van der Waals surface area contributed by atoms with Crippen molar-refractivity contribution in [2.75, 3.05) is 32.5 Å². The number of hydrogen-bond acceptors (Lipinski definition) is 4. The third-order valence-corrected chi connectivity index (χ3v) is 5.15. The topological polar surface area (TPSA) is 58.4 Å². The van der Waals surface area contributed by atoms with E-state index >= 15 is 0 Å². The van der Waals surface area contributed by atoms with E-state index in [1.807, 2.05) is 30.3 Å². The molecule has 0 radical (unpaired) electrons. The number of benzene rings is 3. The summed E-state index contributed by atoms with van der Waals surface area (Å²) in [4.78, 5) is 13.1. The molecule has 5 nitrogen and oxygen atoms in total. The van der Waals surface area contributed by atoms with E-state index in [-0.39, 0.29) is 10.6 Å². The Morgan fingerprint density at radius 2 is 1.62 bits per heavy atom. The highest BCUT2D eigenvalue weighted by Crippen LogP contribution is 2.46. The van der Waals surface area contributed by atoms with E-state index in [1.54, 1.807) is 12.1 Å². The van der Waals surface area contributed by atoms with Crippen LogP contribution in [-0.2, 0) is 0 Å². The first kappa shape index (κ1) is 18.9. The molecule has 0 bridgehead atoms. The van der Waals surface area contributed by atoms with Crippen LogP contribution in [0.3, 0.4) is 0 Å².